The van der Waals surface area contributed by atoms with Crippen molar-refractivity contribution in [1.82, 2.24) is 4.98 Å². The van der Waals surface area contributed by atoms with Gasteiger partial charge in [-0.1, -0.05) is 17.7 Å². The number of halogens is 1. The van der Waals surface area contributed by atoms with Crippen LogP contribution in [0.3, 0.4) is 0 Å². The third kappa shape index (κ3) is 4.23. The zero-order valence-electron chi connectivity index (χ0n) is 12.4. The average molecular weight is 396 g/mol. The Bertz CT molecular complexity index is 778. The van der Waals surface area contributed by atoms with Crippen LogP contribution in [0.2, 0.25) is 0 Å². The second-order valence-corrected chi connectivity index (χ2v) is 6.73. The van der Waals surface area contributed by atoms with Crippen LogP contribution in [0.5, 0.6) is 0 Å². The van der Waals surface area contributed by atoms with E-state index < -0.39 is 17.0 Å². The molecule has 0 aliphatic carbocycles. The molecule has 1 aromatic heterocycles. The summed E-state index contributed by atoms with van der Waals surface area (Å²) in [7, 11) is -0.374. The van der Waals surface area contributed by atoms with E-state index in [0.29, 0.717) is 9.37 Å². The van der Waals surface area contributed by atoms with Gasteiger partial charge in [-0.15, -0.1) is 0 Å². The summed E-state index contributed by atoms with van der Waals surface area (Å²) in [5.41, 5.74) is 0.886. The Labute approximate surface area is 144 Å². The number of pyridine rings is 1. The molecule has 120 valence electrons. The molecule has 1 heterocycles. The van der Waals surface area contributed by atoms with Crippen molar-refractivity contribution in [3.05, 3.63) is 52.1 Å². The van der Waals surface area contributed by atoms with Crippen molar-refractivity contribution in [3.8, 4) is 0 Å². The minimum absolute atomic E-state index is 0.169. The number of ether oxygens (including phenoxy) is 1. The van der Waals surface area contributed by atoms with Gasteiger partial charge in [0.15, 0.2) is 16.7 Å². The molecule has 0 spiro atoms. The Morgan fingerprint density at radius 1 is 1.35 bits per heavy atom. The zero-order chi connectivity index (χ0) is 17.0. The van der Waals surface area contributed by atoms with E-state index in [1.54, 1.807) is 18.2 Å². The second-order valence-electron chi connectivity index (χ2n) is 4.60. The molecule has 6 nitrogen and oxygen atoms in total. The van der Waals surface area contributed by atoms with Crippen LogP contribution in [0, 0.1) is 12.3 Å². The predicted octanol–water partition coefficient (Wildman–Crippen LogP) is 2.83. The smallest absolute Gasteiger partial charge is 0.356 e. The van der Waals surface area contributed by atoms with Gasteiger partial charge >= 0.3 is 5.97 Å². The van der Waals surface area contributed by atoms with Gasteiger partial charge in [0, 0.05) is 10.7 Å². The number of aromatic nitrogens is 1. The summed E-state index contributed by atoms with van der Waals surface area (Å²) in [6, 6.07) is 8.72. The number of nitrogens with zero attached hydrogens (tertiary/aromatic N) is 1. The maximum absolute atomic E-state index is 12.4. The number of hydrogen-bond acceptors (Lipinski definition) is 5. The number of hydrogen-bond donors (Lipinski definition) is 2. The fraction of sp³-hybridized carbons (Fsp3) is 0.133. The van der Waals surface area contributed by atoms with Gasteiger partial charge in [-0.3, -0.25) is 10.1 Å². The summed E-state index contributed by atoms with van der Waals surface area (Å²) in [6.45, 7) is 1.94. The molecule has 0 saturated heterocycles. The monoisotopic (exact) mass is 395 g/mol. The highest BCUT2D eigenvalue weighted by molar-refractivity contribution is 9.10. The van der Waals surface area contributed by atoms with Gasteiger partial charge in [0.2, 0.25) is 0 Å². The third-order valence-corrected chi connectivity index (χ3v) is 4.45. The summed E-state index contributed by atoms with van der Waals surface area (Å²) in [5, 5.41) is 7.88. The molecule has 0 fully saturated rings. The maximum Gasteiger partial charge on any atom is 0.356 e. The molecular formula is C15H14BrN3O3S. The summed E-state index contributed by atoms with van der Waals surface area (Å²) in [6.07, 6.45) is 1.49. The normalized spacial score (nSPS) is 11.6. The minimum Gasteiger partial charge on any atom is -0.464 e. The van der Waals surface area contributed by atoms with Crippen LogP contribution >= 0.6 is 15.9 Å². The van der Waals surface area contributed by atoms with Crippen molar-refractivity contribution in [1.29, 1.82) is 5.41 Å². The third-order valence-electron chi connectivity index (χ3n) is 2.94. The van der Waals surface area contributed by atoms with E-state index in [-0.39, 0.29) is 17.1 Å². The van der Waals surface area contributed by atoms with Gasteiger partial charge in [-0.05, 0) is 41.1 Å². The van der Waals surface area contributed by atoms with Crippen molar-refractivity contribution >= 4 is 44.4 Å². The van der Waals surface area contributed by atoms with Gasteiger partial charge < -0.3 is 4.74 Å². The topological polar surface area (TPSA) is 92.1 Å². The number of anilines is 1. The molecule has 8 heteroatoms. The van der Waals surface area contributed by atoms with Crippen molar-refractivity contribution in [2.24, 2.45) is 0 Å². The average Bonchev–Trinajstić information content (AvgIpc) is 2.55. The molecule has 1 atom stereocenters. The number of carbonyl (C=O) groups excluding carboxylic acids is 1. The lowest BCUT2D eigenvalue weighted by Gasteiger charge is -2.11. The zero-order valence-corrected chi connectivity index (χ0v) is 14.8. The van der Waals surface area contributed by atoms with E-state index in [1.807, 2.05) is 19.1 Å². The van der Waals surface area contributed by atoms with E-state index in [9.17, 15) is 9.00 Å². The van der Waals surface area contributed by atoms with Crippen LogP contribution in [0.25, 0.3) is 0 Å². The number of rotatable bonds is 5. The first-order valence-corrected chi connectivity index (χ1v) is 8.44. The minimum atomic E-state index is -1.57. The lowest BCUT2D eigenvalue weighted by molar-refractivity contribution is -0.132. The van der Waals surface area contributed by atoms with E-state index in [0.717, 1.165) is 5.56 Å². The standard InChI is InChI=1S/C15H14BrN3O3S/c1-9-3-5-11(6-4-9)23(21)19-14-12(7-10(16)8-18-14)13(17)15(20)22-2/h3-8,17H,1-2H3,(H,18,19). The van der Waals surface area contributed by atoms with E-state index in [2.05, 4.69) is 30.4 Å². The van der Waals surface area contributed by atoms with Gasteiger partial charge in [0.1, 0.15) is 5.82 Å². The number of nitrogens with one attached hydrogen (secondary N) is 2. The Hall–Kier alpha value is -2.06. The summed E-state index contributed by atoms with van der Waals surface area (Å²) in [4.78, 5) is 16.2. The van der Waals surface area contributed by atoms with Crippen LogP contribution in [-0.2, 0) is 20.5 Å². The van der Waals surface area contributed by atoms with Crippen LogP contribution in [0.4, 0.5) is 5.82 Å². The highest BCUT2D eigenvalue weighted by Gasteiger charge is 2.19. The van der Waals surface area contributed by atoms with Crippen molar-refractivity contribution < 1.29 is 13.7 Å². The highest BCUT2D eigenvalue weighted by Crippen LogP contribution is 2.21. The molecule has 2 aromatic rings. The molecule has 0 bridgehead atoms. The maximum atomic E-state index is 12.4. The summed E-state index contributed by atoms with van der Waals surface area (Å²) < 4.78 is 20.3. The molecule has 0 amide bonds. The van der Waals surface area contributed by atoms with E-state index >= 15 is 0 Å². The number of esters is 1. The number of methoxy groups -OCH3 is 1. The number of aryl methyl sites for hydroxylation is 1. The van der Waals surface area contributed by atoms with Gasteiger partial charge in [-0.2, -0.15) is 0 Å². The molecule has 2 N–H and O–H groups in total. The second kappa shape index (κ2) is 7.47. The quantitative estimate of drug-likeness (QED) is 0.601. The molecule has 23 heavy (non-hydrogen) atoms. The Morgan fingerprint density at radius 2 is 2.00 bits per heavy atom. The fourth-order valence-corrected chi connectivity index (χ4v) is 2.90. The number of carbonyl (C=O) groups is 1. The van der Waals surface area contributed by atoms with Crippen molar-refractivity contribution in [2.75, 3.05) is 11.8 Å². The highest BCUT2D eigenvalue weighted by atomic mass is 79.9. The molecule has 0 aliphatic rings. The summed E-state index contributed by atoms with van der Waals surface area (Å²) >= 11 is 3.24. The van der Waals surface area contributed by atoms with E-state index in [1.165, 1.54) is 13.3 Å². The fourth-order valence-electron chi connectivity index (χ4n) is 1.73. The van der Waals surface area contributed by atoms with Crippen LogP contribution in [0.1, 0.15) is 11.1 Å². The molecule has 1 unspecified atom stereocenters. The Kier molecular flexibility index (Phi) is 5.62. The SMILES string of the molecule is COC(=O)C(=N)c1cc(Br)cnc1NS(=O)c1ccc(C)cc1. The molecule has 2 rings (SSSR count). The van der Waals surface area contributed by atoms with Crippen molar-refractivity contribution in [2.45, 2.75) is 11.8 Å². The van der Waals surface area contributed by atoms with Gasteiger partial charge in [0.05, 0.1) is 17.6 Å². The van der Waals surface area contributed by atoms with Crippen LogP contribution < -0.4 is 4.72 Å². The van der Waals surface area contributed by atoms with Gasteiger partial charge in [0.25, 0.3) is 0 Å². The Morgan fingerprint density at radius 3 is 2.61 bits per heavy atom. The molecule has 1 aromatic carbocycles. The first-order chi connectivity index (χ1) is 10.9. The summed E-state index contributed by atoms with van der Waals surface area (Å²) in [5.74, 6) is -0.628. The van der Waals surface area contributed by atoms with Gasteiger partial charge in [-0.25, -0.2) is 14.0 Å². The van der Waals surface area contributed by atoms with Crippen LogP contribution in [-0.4, -0.2) is 28.0 Å². The first kappa shape index (κ1) is 17.3. The molecule has 0 radical (unpaired) electrons. The van der Waals surface area contributed by atoms with Crippen LogP contribution in [0.15, 0.2) is 45.9 Å². The first-order valence-electron chi connectivity index (χ1n) is 6.50. The van der Waals surface area contributed by atoms with Crippen molar-refractivity contribution in [3.63, 3.8) is 0 Å². The van der Waals surface area contributed by atoms with E-state index in [4.69, 9.17) is 5.41 Å². The predicted molar refractivity (Wildman–Crippen MR) is 92.0 cm³/mol. The lowest BCUT2D eigenvalue weighted by Crippen LogP contribution is -2.19. The lowest BCUT2D eigenvalue weighted by atomic mass is 10.1. The largest absolute Gasteiger partial charge is 0.464 e. The molecule has 0 saturated carbocycles. The molecular weight excluding hydrogens is 382 g/mol. The Balaban J connectivity index is 2.32. The number of benzene rings is 1. The molecule has 0 aliphatic heterocycles.